The second-order valence-electron chi connectivity index (χ2n) is 7.06. The number of anilines is 1. The van der Waals surface area contributed by atoms with E-state index in [1.807, 2.05) is 0 Å². The van der Waals surface area contributed by atoms with Crippen molar-refractivity contribution >= 4 is 40.7 Å². The van der Waals surface area contributed by atoms with E-state index in [0.29, 0.717) is 17.5 Å². The summed E-state index contributed by atoms with van der Waals surface area (Å²) in [7, 11) is 0. The van der Waals surface area contributed by atoms with Crippen molar-refractivity contribution in [2.24, 2.45) is 11.8 Å². The molecule has 4 rings (SSSR count). The Morgan fingerprint density at radius 1 is 0.897 bits per heavy atom. The van der Waals surface area contributed by atoms with E-state index >= 15 is 0 Å². The van der Waals surface area contributed by atoms with Crippen LogP contribution in [-0.4, -0.2) is 28.5 Å². The number of hydrogen-bond donors (Lipinski definition) is 2. The summed E-state index contributed by atoms with van der Waals surface area (Å²) in [6.07, 6.45) is 4.10. The SMILES string of the molecule is O=C1c2ccccc2C(=O)c2cc(NC(=O)C3CC=CCC3C(=O)O)c(Cl)cc21. The Kier molecular flexibility index (Phi) is 4.80. The number of fused-ring (bicyclic) bond motifs is 2. The van der Waals surface area contributed by atoms with E-state index in [2.05, 4.69) is 5.32 Å². The first-order valence-electron chi connectivity index (χ1n) is 9.09. The predicted octanol–water partition coefficient (Wildman–Crippen LogP) is 3.72. The highest BCUT2D eigenvalue weighted by atomic mass is 35.5. The molecule has 1 amide bonds. The third-order valence-corrected chi connectivity index (χ3v) is 5.67. The van der Waals surface area contributed by atoms with Crippen LogP contribution in [0.15, 0.2) is 48.6 Å². The maximum Gasteiger partial charge on any atom is 0.307 e. The second-order valence-corrected chi connectivity index (χ2v) is 7.47. The van der Waals surface area contributed by atoms with Gasteiger partial charge in [-0.15, -0.1) is 0 Å². The summed E-state index contributed by atoms with van der Waals surface area (Å²) in [6, 6.07) is 9.29. The number of carbonyl (C=O) groups excluding carboxylic acids is 3. The summed E-state index contributed by atoms with van der Waals surface area (Å²) in [5.41, 5.74) is 1.13. The highest BCUT2D eigenvalue weighted by Crippen LogP contribution is 2.34. The van der Waals surface area contributed by atoms with Crippen LogP contribution in [0.3, 0.4) is 0 Å². The van der Waals surface area contributed by atoms with Crippen molar-refractivity contribution in [3.63, 3.8) is 0 Å². The van der Waals surface area contributed by atoms with Gasteiger partial charge >= 0.3 is 5.97 Å². The third kappa shape index (κ3) is 3.25. The van der Waals surface area contributed by atoms with E-state index in [4.69, 9.17) is 11.6 Å². The molecule has 0 fully saturated rings. The number of carbonyl (C=O) groups is 4. The molecule has 7 heteroatoms. The molecule has 2 aromatic carbocycles. The fourth-order valence-electron chi connectivity index (χ4n) is 3.82. The molecule has 2 aliphatic carbocycles. The number of carboxylic acid groups (broad SMARTS) is 1. The second kappa shape index (κ2) is 7.29. The maximum atomic E-state index is 12.9. The summed E-state index contributed by atoms with van der Waals surface area (Å²) in [4.78, 5) is 49.8. The summed E-state index contributed by atoms with van der Waals surface area (Å²) in [5.74, 6) is -3.74. The first kappa shape index (κ1) is 19.1. The standard InChI is InChI=1S/C22H16ClNO5/c23-17-9-15-16(20(26)12-6-2-1-5-11(12)19(15)25)10-18(17)24-21(27)13-7-3-4-8-14(13)22(28)29/h1-6,9-10,13-14H,7-8H2,(H,24,27)(H,28,29). The number of hydrogen-bond acceptors (Lipinski definition) is 4. The van der Waals surface area contributed by atoms with Gasteiger partial charge in [-0.3, -0.25) is 19.2 Å². The summed E-state index contributed by atoms with van der Waals surface area (Å²) in [6.45, 7) is 0. The molecule has 29 heavy (non-hydrogen) atoms. The third-order valence-electron chi connectivity index (χ3n) is 5.36. The quantitative estimate of drug-likeness (QED) is 0.642. The Labute approximate surface area is 171 Å². The van der Waals surface area contributed by atoms with Crippen molar-refractivity contribution in [1.82, 2.24) is 0 Å². The van der Waals surface area contributed by atoms with Gasteiger partial charge in [0.15, 0.2) is 11.6 Å². The van der Waals surface area contributed by atoms with E-state index in [0.717, 1.165) is 0 Å². The topological polar surface area (TPSA) is 101 Å². The van der Waals surface area contributed by atoms with Crippen LogP contribution in [0.5, 0.6) is 0 Å². The van der Waals surface area contributed by atoms with Crippen LogP contribution in [0, 0.1) is 11.8 Å². The lowest BCUT2D eigenvalue weighted by Gasteiger charge is -2.25. The van der Waals surface area contributed by atoms with Crippen LogP contribution in [0.1, 0.15) is 44.7 Å². The van der Waals surface area contributed by atoms with E-state index in [9.17, 15) is 24.3 Å². The number of ketones is 2. The van der Waals surface area contributed by atoms with Crippen molar-refractivity contribution < 1.29 is 24.3 Å². The van der Waals surface area contributed by atoms with Gasteiger partial charge in [-0.05, 0) is 25.0 Å². The first-order chi connectivity index (χ1) is 13.9. The largest absolute Gasteiger partial charge is 0.481 e. The van der Waals surface area contributed by atoms with Crippen LogP contribution < -0.4 is 5.32 Å². The zero-order chi connectivity index (χ0) is 20.7. The van der Waals surface area contributed by atoms with Gasteiger partial charge < -0.3 is 10.4 Å². The normalized spacial score (nSPS) is 20.0. The molecule has 0 heterocycles. The number of amides is 1. The Morgan fingerprint density at radius 3 is 2.03 bits per heavy atom. The van der Waals surface area contributed by atoms with Crippen molar-refractivity contribution in [2.75, 3.05) is 5.32 Å². The van der Waals surface area contributed by atoms with Crippen LogP contribution in [0.4, 0.5) is 5.69 Å². The molecule has 2 N–H and O–H groups in total. The Bertz CT molecular complexity index is 1100. The number of aliphatic carboxylic acids is 1. The van der Waals surface area contributed by atoms with E-state index in [1.165, 1.54) is 12.1 Å². The van der Waals surface area contributed by atoms with E-state index in [-0.39, 0.29) is 39.8 Å². The lowest BCUT2D eigenvalue weighted by atomic mass is 9.82. The first-order valence-corrected chi connectivity index (χ1v) is 9.47. The minimum atomic E-state index is -1.04. The molecule has 0 aliphatic heterocycles. The molecule has 0 saturated heterocycles. The minimum absolute atomic E-state index is 0.107. The molecule has 0 radical (unpaired) electrons. The minimum Gasteiger partial charge on any atom is -0.481 e. The van der Waals surface area contributed by atoms with Gasteiger partial charge in [0, 0.05) is 22.3 Å². The number of nitrogens with one attached hydrogen (secondary N) is 1. The summed E-state index contributed by atoms with van der Waals surface area (Å²) >= 11 is 6.27. The lowest BCUT2D eigenvalue weighted by molar-refractivity contribution is -0.146. The fourth-order valence-corrected chi connectivity index (χ4v) is 4.03. The number of carboxylic acids is 1. The number of allylic oxidation sites excluding steroid dienone is 2. The van der Waals surface area contributed by atoms with Gasteiger partial charge in [0.1, 0.15) is 0 Å². The smallest absolute Gasteiger partial charge is 0.307 e. The van der Waals surface area contributed by atoms with Crippen LogP contribution in [-0.2, 0) is 9.59 Å². The molecule has 0 bridgehead atoms. The van der Waals surface area contributed by atoms with Crippen molar-refractivity contribution in [3.05, 3.63) is 75.8 Å². The average molecular weight is 410 g/mol. The van der Waals surface area contributed by atoms with Crippen molar-refractivity contribution in [2.45, 2.75) is 12.8 Å². The Balaban J connectivity index is 1.68. The molecule has 0 aromatic heterocycles. The molecule has 2 aromatic rings. The highest BCUT2D eigenvalue weighted by molar-refractivity contribution is 6.36. The van der Waals surface area contributed by atoms with Crippen molar-refractivity contribution in [1.29, 1.82) is 0 Å². The summed E-state index contributed by atoms with van der Waals surface area (Å²) < 4.78 is 0. The zero-order valence-corrected chi connectivity index (χ0v) is 15.9. The Morgan fingerprint density at radius 2 is 1.45 bits per heavy atom. The van der Waals surface area contributed by atoms with Gasteiger partial charge in [-0.25, -0.2) is 0 Å². The van der Waals surface area contributed by atoms with Crippen LogP contribution >= 0.6 is 11.6 Å². The van der Waals surface area contributed by atoms with Crippen molar-refractivity contribution in [3.8, 4) is 0 Å². The van der Waals surface area contributed by atoms with Crippen LogP contribution in [0.25, 0.3) is 0 Å². The van der Waals surface area contributed by atoms with Gasteiger partial charge in [0.2, 0.25) is 5.91 Å². The molecule has 0 saturated carbocycles. The van der Waals surface area contributed by atoms with Gasteiger partial charge in [-0.1, -0.05) is 48.0 Å². The molecule has 2 atom stereocenters. The summed E-state index contributed by atoms with van der Waals surface area (Å²) in [5, 5.41) is 12.1. The van der Waals surface area contributed by atoms with Gasteiger partial charge in [0.05, 0.1) is 22.5 Å². The van der Waals surface area contributed by atoms with Gasteiger partial charge in [-0.2, -0.15) is 0 Å². The molecule has 6 nitrogen and oxygen atoms in total. The van der Waals surface area contributed by atoms with E-state index in [1.54, 1.807) is 36.4 Å². The molecule has 2 aliphatic rings. The predicted molar refractivity (Wildman–Crippen MR) is 106 cm³/mol. The van der Waals surface area contributed by atoms with E-state index < -0.39 is 23.7 Å². The molecular weight excluding hydrogens is 394 g/mol. The zero-order valence-electron chi connectivity index (χ0n) is 15.1. The molecular formula is C22H16ClNO5. The number of benzene rings is 2. The van der Waals surface area contributed by atoms with Crippen LogP contribution in [0.2, 0.25) is 5.02 Å². The number of halogens is 1. The Hall–Kier alpha value is -3.25. The molecule has 0 spiro atoms. The monoisotopic (exact) mass is 409 g/mol. The maximum absolute atomic E-state index is 12.9. The lowest BCUT2D eigenvalue weighted by Crippen LogP contribution is -2.35. The molecule has 146 valence electrons. The highest BCUT2D eigenvalue weighted by Gasteiger charge is 2.35. The van der Waals surface area contributed by atoms with Gasteiger partial charge in [0.25, 0.3) is 0 Å². The molecule has 2 unspecified atom stereocenters. The number of rotatable bonds is 3. The average Bonchev–Trinajstić information content (AvgIpc) is 2.73. The fraction of sp³-hybridized carbons (Fsp3) is 0.182.